The Kier molecular flexibility index (Phi) is 6.13. The zero-order valence-corrected chi connectivity index (χ0v) is 18.7. The van der Waals surface area contributed by atoms with Gasteiger partial charge in [0.05, 0.1) is 14.2 Å². The van der Waals surface area contributed by atoms with Crippen molar-refractivity contribution in [2.45, 2.75) is 6.54 Å². The van der Waals surface area contributed by atoms with Crippen molar-refractivity contribution in [1.82, 2.24) is 4.90 Å². The van der Waals surface area contributed by atoms with Gasteiger partial charge in [0, 0.05) is 28.9 Å². The van der Waals surface area contributed by atoms with Crippen LogP contribution in [0.15, 0.2) is 81.4 Å². The summed E-state index contributed by atoms with van der Waals surface area (Å²) in [6.07, 6.45) is 8.90. The number of hydrogen-bond donors (Lipinski definition) is 0. The van der Waals surface area contributed by atoms with E-state index < -0.39 is 5.91 Å². The van der Waals surface area contributed by atoms with Gasteiger partial charge < -0.3 is 14.4 Å². The SMILES string of the molecule is COc1ccc(/C=C/C(=O)N=C2N=C3C=CC(Br)=CN3Cc3ccccc32)cc1OC. The van der Waals surface area contributed by atoms with Crippen LogP contribution in [-0.2, 0) is 11.3 Å². The van der Waals surface area contributed by atoms with Gasteiger partial charge in [0.2, 0.25) is 0 Å². The summed E-state index contributed by atoms with van der Waals surface area (Å²) in [5, 5.41) is 0. The lowest BCUT2D eigenvalue weighted by Crippen LogP contribution is -2.24. The fraction of sp³-hybridized carbons (Fsp3) is 0.125. The van der Waals surface area contributed by atoms with Gasteiger partial charge in [-0.2, -0.15) is 4.99 Å². The molecule has 0 spiro atoms. The number of carbonyl (C=O) groups is 1. The average Bonchev–Trinajstić information content (AvgIpc) is 2.93. The van der Waals surface area contributed by atoms with Gasteiger partial charge in [0.1, 0.15) is 5.84 Å². The third-order valence-electron chi connectivity index (χ3n) is 4.83. The van der Waals surface area contributed by atoms with Crippen molar-refractivity contribution in [2.75, 3.05) is 14.2 Å². The highest BCUT2D eigenvalue weighted by atomic mass is 79.9. The number of amides is 1. The van der Waals surface area contributed by atoms with E-state index >= 15 is 0 Å². The van der Waals surface area contributed by atoms with Gasteiger partial charge >= 0.3 is 0 Å². The molecule has 0 saturated heterocycles. The van der Waals surface area contributed by atoms with Crippen molar-refractivity contribution in [3.05, 3.63) is 88.1 Å². The van der Waals surface area contributed by atoms with E-state index in [1.807, 2.05) is 53.6 Å². The Morgan fingerprint density at radius 3 is 2.74 bits per heavy atom. The molecule has 0 N–H and O–H groups in total. The largest absolute Gasteiger partial charge is 0.493 e. The number of nitrogens with zero attached hydrogens (tertiary/aromatic N) is 3. The van der Waals surface area contributed by atoms with Crippen molar-refractivity contribution >= 4 is 39.6 Å². The van der Waals surface area contributed by atoms with Crippen LogP contribution in [0.2, 0.25) is 0 Å². The molecule has 0 radical (unpaired) electrons. The summed E-state index contributed by atoms with van der Waals surface area (Å²) in [6, 6.07) is 13.3. The quantitative estimate of drug-likeness (QED) is 0.598. The second-order valence-electron chi connectivity index (χ2n) is 6.82. The fourth-order valence-electron chi connectivity index (χ4n) is 3.32. The molecule has 2 aliphatic heterocycles. The fourth-order valence-corrected chi connectivity index (χ4v) is 3.69. The zero-order valence-electron chi connectivity index (χ0n) is 17.1. The van der Waals surface area contributed by atoms with E-state index in [1.54, 1.807) is 32.4 Å². The number of halogens is 1. The summed E-state index contributed by atoms with van der Waals surface area (Å²) < 4.78 is 11.5. The Balaban J connectivity index is 1.65. The molecule has 0 aliphatic carbocycles. The molecular weight excluding hydrogens is 458 g/mol. The van der Waals surface area contributed by atoms with Crippen molar-refractivity contribution < 1.29 is 14.3 Å². The monoisotopic (exact) mass is 477 g/mol. The maximum atomic E-state index is 12.6. The third kappa shape index (κ3) is 4.67. The second-order valence-corrected chi connectivity index (χ2v) is 7.74. The molecule has 156 valence electrons. The number of hydrogen-bond acceptors (Lipinski definition) is 4. The van der Waals surface area contributed by atoms with E-state index in [2.05, 4.69) is 25.9 Å². The van der Waals surface area contributed by atoms with Crippen LogP contribution in [0, 0.1) is 0 Å². The normalized spacial score (nSPS) is 16.4. The smallest absolute Gasteiger partial charge is 0.271 e. The van der Waals surface area contributed by atoms with E-state index in [4.69, 9.17) is 9.47 Å². The van der Waals surface area contributed by atoms with Crippen LogP contribution < -0.4 is 9.47 Å². The number of benzene rings is 2. The minimum atomic E-state index is -0.395. The van der Waals surface area contributed by atoms with Crippen LogP contribution in [0.4, 0.5) is 0 Å². The van der Waals surface area contributed by atoms with Crippen molar-refractivity contribution in [3.8, 4) is 11.5 Å². The Bertz CT molecular complexity index is 1180. The van der Waals surface area contributed by atoms with Gasteiger partial charge in [-0.05, 0) is 57.4 Å². The molecule has 6 nitrogen and oxygen atoms in total. The summed E-state index contributed by atoms with van der Waals surface area (Å²) in [4.78, 5) is 23.6. The first-order valence-electron chi connectivity index (χ1n) is 9.59. The second kappa shape index (κ2) is 9.14. The van der Waals surface area contributed by atoms with E-state index in [0.717, 1.165) is 27.0 Å². The summed E-state index contributed by atoms with van der Waals surface area (Å²) in [7, 11) is 3.15. The summed E-state index contributed by atoms with van der Waals surface area (Å²) >= 11 is 3.50. The van der Waals surface area contributed by atoms with Gasteiger partial charge in [-0.1, -0.05) is 30.3 Å². The summed E-state index contributed by atoms with van der Waals surface area (Å²) in [6.45, 7) is 0.642. The molecular formula is C24H20BrN3O3. The molecule has 0 fully saturated rings. The zero-order chi connectivity index (χ0) is 21.8. The summed E-state index contributed by atoms with van der Waals surface area (Å²) in [5.41, 5.74) is 2.69. The van der Waals surface area contributed by atoms with Crippen LogP contribution in [0.25, 0.3) is 6.08 Å². The van der Waals surface area contributed by atoms with E-state index in [9.17, 15) is 4.79 Å². The Labute approximate surface area is 189 Å². The molecule has 2 heterocycles. The lowest BCUT2D eigenvalue weighted by Gasteiger charge is -2.21. The number of carbonyl (C=O) groups excluding carboxylic acids is 1. The lowest BCUT2D eigenvalue weighted by atomic mass is 10.1. The first-order valence-corrected chi connectivity index (χ1v) is 10.4. The number of aliphatic imine (C=N–C) groups is 2. The third-order valence-corrected chi connectivity index (χ3v) is 5.30. The van der Waals surface area contributed by atoms with Crippen LogP contribution >= 0.6 is 15.9 Å². The van der Waals surface area contributed by atoms with E-state index in [0.29, 0.717) is 23.9 Å². The van der Waals surface area contributed by atoms with Crippen LogP contribution in [0.5, 0.6) is 11.5 Å². The molecule has 7 heteroatoms. The molecule has 0 unspecified atom stereocenters. The number of amidine groups is 2. The Morgan fingerprint density at radius 1 is 1.13 bits per heavy atom. The average molecular weight is 478 g/mol. The maximum absolute atomic E-state index is 12.6. The number of rotatable bonds is 4. The first kappa shape index (κ1) is 20.8. The predicted octanol–water partition coefficient (Wildman–Crippen LogP) is 4.71. The van der Waals surface area contributed by atoms with Gasteiger partial charge in [-0.3, -0.25) is 4.79 Å². The molecule has 4 rings (SSSR count). The van der Waals surface area contributed by atoms with Gasteiger partial charge in [-0.15, -0.1) is 0 Å². The highest BCUT2D eigenvalue weighted by molar-refractivity contribution is 9.11. The minimum absolute atomic E-state index is 0.395. The van der Waals surface area contributed by atoms with E-state index in [1.165, 1.54) is 6.08 Å². The highest BCUT2D eigenvalue weighted by Gasteiger charge is 2.21. The predicted molar refractivity (Wildman–Crippen MR) is 126 cm³/mol. The van der Waals surface area contributed by atoms with Gasteiger partial charge in [0.15, 0.2) is 17.3 Å². The maximum Gasteiger partial charge on any atom is 0.271 e. The molecule has 2 aromatic rings. The van der Waals surface area contributed by atoms with Crippen molar-refractivity contribution in [1.29, 1.82) is 0 Å². The molecule has 2 aliphatic rings. The van der Waals surface area contributed by atoms with Crippen LogP contribution in [0.3, 0.4) is 0 Å². The molecule has 31 heavy (non-hydrogen) atoms. The topological polar surface area (TPSA) is 63.5 Å². The molecule has 2 aromatic carbocycles. The van der Waals surface area contributed by atoms with Crippen LogP contribution in [-0.4, -0.2) is 36.7 Å². The molecule has 0 saturated carbocycles. The molecule has 0 bridgehead atoms. The summed E-state index contributed by atoms with van der Waals surface area (Å²) in [5.74, 6) is 1.95. The van der Waals surface area contributed by atoms with Crippen molar-refractivity contribution in [3.63, 3.8) is 0 Å². The first-order chi connectivity index (χ1) is 15.1. The number of methoxy groups -OCH3 is 2. The highest BCUT2D eigenvalue weighted by Crippen LogP contribution is 2.28. The Hall–Kier alpha value is -3.45. The van der Waals surface area contributed by atoms with Crippen LogP contribution in [0.1, 0.15) is 16.7 Å². The molecule has 0 aromatic heterocycles. The number of fused-ring (bicyclic) bond motifs is 2. The van der Waals surface area contributed by atoms with Gasteiger partial charge in [-0.25, -0.2) is 4.99 Å². The van der Waals surface area contributed by atoms with E-state index in [-0.39, 0.29) is 0 Å². The molecule has 1 amide bonds. The number of ether oxygens (including phenoxy) is 2. The van der Waals surface area contributed by atoms with Crippen molar-refractivity contribution in [2.24, 2.45) is 9.98 Å². The Morgan fingerprint density at radius 2 is 1.94 bits per heavy atom. The van der Waals surface area contributed by atoms with Gasteiger partial charge in [0.25, 0.3) is 5.91 Å². The molecule has 0 atom stereocenters. The standard InChI is InChI=1S/C24H20BrN3O3/c1-30-20-10-7-16(13-21(20)31-2)8-12-23(29)27-24-19-6-4-3-5-17(19)14-28-15-18(25)9-11-22(28)26-24/h3-13,15H,14H2,1-2H3/b12-8+,27-24?. The number of allylic oxidation sites excluding steroid dienone is 2. The lowest BCUT2D eigenvalue weighted by molar-refractivity contribution is -0.113. The minimum Gasteiger partial charge on any atom is -0.493 e.